The quantitative estimate of drug-likeness (QED) is 0.761. The van der Waals surface area contributed by atoms with E-state index >= 15 is 0 Å². The number of carbonyl (C=O) groups is 1. The van der Waals surface area contributed by atoms with Crippen LogP contribution in [0.5, 0.6) is 0 Å². The largest absolute Gasteiger partial charge is 0.389 e. The Hall–Kier alpha value is -1.62. The Morgan fingerprint density at radius 2 is 2.00 bits per heavy atom. The summed E-state index contributed by atoms with van der Waals surface area (Å²) in [6, 6.07) is 7.63. The molecule has 0 heterocycles. The number of benzene rings is 1. The maximum Gasteiger partial charge on any atom is 0.239 e. The van der Waals surface area contributed by atoms with E-state index in [1.54, 1.807) is 7.05 Å². The minimum atomic E-state index is 0.00173. The number of likely N-dealkylation sites (N-methyl/N-ethyl adjacent to an activating group) is 1. The topological polar surface area (TPSA) is 58.4 Å². The van der Waals surface area contributed by atoms with Crippen molar-refractivity contribution in [3.63, 3.8) is 0 Å². The van der Waals surface area contributed by atoms with Crippen LogP contribution < -0.4 is 16.0 Å². The highest BCUT2D eigenvalue weighted by Gasteiger charge is 2.09. The molecule has 18 heavy (non-hydrogen) atoms. The molecule has 0 atom stereocenters. The molecule has 98 valence electrons. The highest BCUT2D eigenvalue weighted by atomic mass is 32.1. The van der Waals surface area contributed by atoms with Crippen molar-refractivity contribution < 1.29 is 4.79 Å². The number of hydrogen-bond donors (Lipinski definition) is 2. The Labute approximate surface area is 113 Å². The fourth-order valence-corrected chi connectivity index (χ4v) is 1.79. The van der Waals surface area contributed by atoms with E-state index < -0.39 is 0 Å². The van der Waals surface area contributed by atoms with Gasteiger partial charge in [0.1, 0.15) is 4.99 Å². The predicted molar refractivity (Wildman–Crippen MR) is 78.9 cm³/mol. The number of nitrogens with zero attached hydrogens (tertiary/aromatic N) is 1. The Morgan fingerprint density at radius 1 is 1.39 bits per heavy atom. The number of nitrogens with one attached hydrogen (secondary N) is 1. The van der Waals surface area contributed by atoms with Gasteiger partial charge in [-0.1, -0.05) is 19.1 Å². The molecule has 1 rings (SSSR count). The van der Waals surface area contributed by atoms with Gasteiger partial charge in [-0.05, 0) is 30.7 Å². The summed E-state index contributed by atoms with van der Waals surface area (Å²) >= 11 is 4.91. The van der Waals surface area contributed by atoms with Gasteiger partial charge in [-0.15, -0.1) is 0 Å². The summed E-state index contributed by atoms with van der Waals surface area (Å²) in [6.07, 6.45) is 0.980. The maximum absolute atomic E-state index is 11.5. The van der Waals surface area contributed by atoms with Crippen LogP contribution in [-0.2, 0) is 4.79 Å². The minimum absolute atomic E-state index is 0.00173. The second kappa shape index (κ2) is 6.96. The van der Waals surface area contributed by atoms with E-state index in [1.807, 2.05) is 29.2 Å². The molecule has 0 unspecified atom stereocenters. The van der Waals surface area contributed by atoms with Gasteiger partial charge in [-0.3, -0.25) is 4.79 Å². The molecule has 0 aliphatic heterocycles. The average Bonchev–Trinajstić information content (AvgIpc) is 2.38. The summed E-state index contributed by atoms with van der Waals surface area (Å²) < 4.78 is 0. The Morgan fingerprint density at radius 3 is 2.44 bits per heavy atom. The van der Waals surface area contributed by atoms with Crippen LogP contribution in [0.3, 0.4) is 0 Å². The van der Waals surface area contributed by atoms with Crippen LogP contribution in [0.25, 0.3) is 0 Å². The molecule has 3 N–H and O–H groups in total. The number of carbonyl (C=O) groups excluding carboxylic acids is 1. The van der Waals surface area contributed by atoms with Crippen LogP contribution in [0, 0.1) is 0 Å². The monoisotopic (exact) mass is 265 g/mol. The summed E-state index contributed by atoms with van der Waals surface area (Å²) in [5.41, 5.74) is 7.39. The summed E-state index contributed by atoms with van der Waals surface area (Å²) in [7, 11) is 1.64. The van der Waals surface area contributed by atoms with Gasteiger partial charge >= 0.3 is 0 Å². The van der Waals surface area contributed by atoms with E-state index in [0.29, 0.717) is 11.5 Å². The first kappa shape index (κ1) is 14.4. The van der Waals surface area contributed by atoms with Gasteiger partial charge in [0, 0.05) is 24.8 Å². The molecular weight excluding hydrogens is 246 g/mol. The zero-order valence-corrected chi connectivity index (χ0v) is 11.6. The third-order valence-corrected chi connectivity index (χ3v) is 2.86. The Bertz CT molecular complexity index is 417. The Kier molecular flexibility index (Phi) is 5.58. The summed E-state index contributed by atoms with van der Waals surface area (Å²) in [4.78, 5) is 13.9. The lowest BCUT2D eigenvalue weighted by molar-refractivity contribution is -0.119. The van der Waals surface area contributed by atoms with E-state index in [2.05, 4.69) is 12.2 Å². The molecular formula is C13H19N3OS. The fourth-order valence-electron chi connectivity index (χ4n) is 1.66. The van der Waals surface area contributed by atoms with Crippen LogP contribution in [0.1, 0.15) is 18.9 Å². The third-order valence-electron chi connectivity index (χ3n) is 2.62. The van der Waals surface area contributed by atoms with Gasteiger partial charge in [-0.2, -0.15) is 0 Å². The van der Waals surface area contributed by atoms with E-state index in [9.17, 15) is 4.79 Å². The van der Waals surface area contributed by atoms with Crippen LogP contribution in [-0.4, -0.2) is 31.0 Å². The maximum atomic E-state index is 11.5. The fraction of sp³-hybridized carbons (Fsp3) is 0.385. The third kappa shape index (κ3) is 4.00. The van der Waals surface area contributed by atoms with Gasteiger partial charge in [0.15, 0.2) is 0 Å². The summed E-state index contributed by atoms with van der Waals surface area (Å²) in [6.45, 7) is 3.27. The number of rotatable bonds is 6. The molecule has 0 aliphatic rings. The Balaban J connectivity index is 2.84. The van der Waals surface area contributed by atoms with E-state index in [0.717, 1.165) is 24.2 Å². The lowest BCUT2D eigenvalue weighted by atomic mass is 10.2. The number of anilines is 1. The number of thiocarbonyl (C=S) groups is 1. The van der Waals surface area contributed by atoms with Crippen LogP contribution in [0.2, 0.25) is 0 Å². The highest BCUT2D eigenvalue weighted by Crippen LogP contribution is 2.15. The smallest absolute Gasteiger partial charge is 0.239 e. The van der Waals surface area contributed by atoms with Gasteiger partial charge in [0.25, 0.3) is 0 Å². The van der Waals surface area contributed by atoms with E-state index in [-0.39, 0.29) is 5.91 Å². The minimum Gasteiger partial charge on any atom is -0.389 e. The first-order chi connectivity index (χ1) is 8.58. The first-order valence-corrected chi connectivity index (χ1v) is 6.34. The molecule has 0 saturated heterocycles. The molecule has 0 saturated carbocycles. The number of nitrogens with two attached hydrogens (primary N) is 1. The molecule has 5 heteroatoms. The molecule has 4 nitrogen and oxygen atoms in total. The molecule has 0 aromatic heterocycles. The van der Waals surface area contributed by atoms with Crippen molar-refractivity contribution >= 4 is 28.8 Å². The van der Waals surface area contributed by atoms with Crippen molar-refractivity contribution in [3.8, 4) is 0 Å². The van der Waals surface area contributed by atoms with E-state index in [1.165, 1.54) is 0 Å². The molecule has 1 aromatic rings. The van der Waals surface area contributed by atoms with Gasteiger partial charge in [0.05, 0.1) is 6.54 Å². The van der Waals surface area contributed by atoms with E-state index in [4.69, 9.17) is 18.0 Å². The number of amides is 1. The van der Waals surface area contributed by atoms with Crippen molar-refractivity contribution in [3.05, 3.63) is 29.8 Å². The van der Waals surface area contributed by atoms with Gasteiger partial charge < -0.3 is 16.0 Å². The molecule has 0 aliphatic carbocycles. The average molecular weight is 265 g/mol. The van der Waals surface area contributed by atoms with Crippen molar-refractivity contribution in [1.29, 1.82) is 0 Å². The van der Waals surface area contributed by atoms with Crippen LogP contribution >= 0.6 is 12.2 Å². The summed E-state index contributed by atoms with van der Waals surface area (Å²) in [5.74, 6) is 0.00173. The predicted octanol–water partition coefficient (Wildman–Crippen LogP) is 1.28. The van der Waals surface area contributed by atoms with Crippen LogP contribution in [0.15, 0.2) is 24.3 Å². The van der Waals surface area contributed by atoms with Crippen molar-refractivity contribution in [2.24, 2.45) is 5.73 Å². The second-order valence-electron chi connectivity index (χ2n) is 4.01. The highest BCUT2D eigenvalue weighted by molar-refractivity contribution is 7.80. The first-order valence-electron chi connectivity index (χ1n) is 5.94. The van der Waals surface area contributed by atoms with Crippen molar-refractivity contribution in [2.45, 2.75) is 13.3 Å². The SMILES string of the molecule is CCCN(CC(=O)NC)c1ccc(C(N)=S)cc1. The lowest BCUT2D eigenvalue weighted by Crippen LogP contribution is -2.36. The molecule has 0 radical (unpaired) electrons. The van der Waals surface area contributed by atoms with Gasteiger partial charge in [0.2, 0.25) is 5.91 Å². The van der Waals surface area contributed by atoms with Crippen molar-refractivity contribution in [2.75, 3.05) is 25.0 Å². The lowest BCUT2D eigenvalue weighted by Gasteiger charge is -2.23. The molecule has 0 bridgehead atoms. The molecule has 0 spiro atoms. The van der Waals surface area contributed by atoms with Gasteiger partial charge in [-0.25, -0.2) is 0 Å². The molecule has 1 amide bonds. The second-order valence-corrected chi connectivity index (χ2v) is 4.45. The van der Waals surface area contributed by atoms with Crippen molar-refractivity contribution in [1.82, 2.24) is 5.32 Å². The normalized spacial score (nSPS) is 9.89. The van der Waals surface area contributed by atoms with Crippen LogP contribution in [0.4, 0.5) is 5.69 Å². The number of hydrogen-bond acceptors (Lipinski definition) is 3. The molecule has 0 fully saturated rings. The summed E-state index contributed by atoms with van der Waals surface area (Å²) in [5, 5.41) is 2.63. The molecule has 1 aromatic carbocycles. The zero-order valence-electron chi connectivity index (χ0n) is 10.8. The standard InChI is InChI=1S/C13H19N3OS/c1-3-8-16(9-12(17)15-2)11-6-4-10(5-7-11)13(14)18/h4-7H,3,8-9H2,1-2H3,(H2,14,18)(H,15,17). The zero-order chi connectivity index (χ0) is 13.5.